The zero-order chi connectivity index (χ0) is 30.7. The van der Waals surface area contributed by atoms with E-state index in [-0.39, 0.29) is 17.1 Å². The molecular weight excluding hydrogens is 538 g/mol. The van der Waals surface area contributed by atoms with Crippen LogP contribution in [0.25, 0.3) is 5.65 Å². The second kappa shape index (κ2) is 12.2. The molecule has 2 aromatic carbocycles. The number of benzene rings is 2. The number of nitrogens with one attached hydrogen (secondary N) is 1. The van der Waals surface area contributed by atoms with Gasteiger partial charge in [0.15, 0.2) is 11.4 Å². The molecule has 2 aromatic heterocycles. The molecule has 0 radical (unpaired) electrons. The van der Waals surface area contributed by atoms with Gasteiger partial charge in [0.25, 0.3) is 5.91 Å². The number of carbonyl (C=O) groups excluding carboxylic acids is 2. The molecule has 0 saturated carbocycles. The fourth-order valence-electron chi connectivity index (χ4n) is 5.15. The van der Waals surface area contributed by atoms with Crippen molar-refractivity contribution in [3.63, 3.8) is 0 Å². The Labute approximate surface area is 252 Å². The van der Waals surface area contributed by atoms with E-state index in [0.717, 1.165) is 32.7 Å². The number of pyridine rings is 1. The third kappa shape index (κ3) is 6.98. The molecular formula is C34H35N7O2. The lowest BCUT2D eigenvalue weighted by Gasteiger charge is -2.34. The number of anilines is 1. The van der Waals surface area contributed by atoms with Gasteiger partial charge in [0.05, 0.1) is 11.6 Å². The van der Waals surface area contributed by atoms with Gasteiger partial charge in [0.2, 0.25) is 5.82 Å². The Morgan fingerprint density at radius 2 is 1.67 bits per heavy atom. The van der Waals surface area contributed by atoms with E-state index in [2.05, 4.69) is 83.2 Å². The fourth-order valence-corrected chi connectivity index (χ4v) is 5.15. The number of Topliss-reactive ketones (excluding diaryl/α,β-unsaturated/α-hetero) is 1. The monoisotopic (exact) mass is 573 g/mol. The average Bonchev–Trinajstić information content (AvgIpc) is 3.39. The zero-order valence-electron chi connectivity index (χ0n) is 25.2. The quantitative estimate of drug-likeness (QED) is 0.277. The van der Waals surface area contributed by atoms with Crippen LogP contribution in [-0.4, -0.2) is 69.3 Å². The van der Waals surface area contributed by atoms with Crippen molar-refractivity contribution in [1.82, 2.24) is 24.4 Å². The van der Waals surface area contributed by atoms with Crippen LogP contribution in [0.1, 0.15) is 76.5 Å². The van der Waals surface area contributed by atoms with Gasteiger partial charge >= 0.3 is 0 Å². The molecule has 4 aromatic rings. The number of carbonyl (C=O) groups is 2. The number of piperazine rings is 1. The number of likely N-dealkylation sites (N-methyl/N-ethyl adjacent to an activating group) is 1. The smallest absolute Gasteiger partial charge is 0.255 e. The zero-order valence-corrected chi connectivity index (χ0v) is 25.2. The van der Waals surface area contributed by atoms with E-state index in [0.29, 0.717) is 39.4 Å². The van der Waals surface area contributed by atoms with Crippen LogP contribution in [0.3, 0.4) is 0 Å². The third-order valence-corrected chi connectivity index (χ3v) is 7.62. The highest BCUT2D eigenvalue weighted by Crippen LogP contribution is 2.30. The molecule has 0 atom stereocenters. The number of nitriles is 1. The molecule has 1 N–H and O–H groups in total. The molecule has 218 valence electrons. The normalized spacial score (nSPS) is 14.1. The van der Waals surface area contributed by atoms with Crippen molar-refractivity contribution in [2.75, 3.05) is 38.5 Å². The van der Waals surface area contributed by atoms with E-state index >= 15 is 0 Å². The first-order valence-corrected chi connectivity index (χ1v) is 14.3. The summed E-state index contributed by atoms with van der Waals surface area (Å²) in [7, 11) is 2.15. The highest BCUT2D eigenvalue weighted by Gasteiger charge is 2.22. The number of rotatable bonds is 5. The fraction of sp³-hybridized carbons (Fsp3) is 0.324. The minimum Gasteiger partial charge on any atom is -0.322 e. The maximum Gasteiger partial charge on any atom is 0.255 e. The number of aromatic nitrogens is 3. The molecule has 3 heterocycles. The summed E-state index contributed by atoms with van der Waals surface area (Å²) in [5, 5.41) is 20.9. The van der Waals surface area contributed by atoms with Gasteiger partial charge in [-0.25, -0.2) is 0 Å². The topological polar surface area (TPSA) is 107 Å². The van der Waals surface area contributed by atoms with E-state index in [1.165, 1.54) is 18.1 Å². The summed E-state index contributed by atoms with van der Waals surface area (Å²) in [5.41, 5.74) is 5.25. The van der Waals surface area contributed by atoms with E-state index in [4.69, 9.17) is 0 Å². The van der Waals surface area contributed by atoms with E-state index in [1.807, 2.05) is 6.07 Å². The molecule has 9 heteroatoms. The Hall–Kier alpha value is -4.83. The molecule has 0 spiro atoms. The van der Waals surface area contributed by atoms with Gasteiger partial charge in [0.1, 0.15) is 0 Å². The number of amides is 1. The molecule has 1 aliphatic rings. The van der Waals surface area contributed by atoms with Crippen molar-refractivity contribution in [1.29, 1.82) is 5.26 Å². The lowest BCUT2D eigenvalue weighted by molar-refractivity contribution is 0.101. The van der Waals surface area contributed by atoms with Crippen LogP contribution < -0.4 is 5.32 Å². The Balaban J connectivity index is 1.39. The first-order chi connectivity index (χ1) is 20.5. The van der Waals surface area contributed by atoms with Crippen molar-refractivity contribution in [2.45, 2.75) is 39.7 Å². The molecule has 1 saturated heterocycles. The lowest BCUT2D eigenvalue weighted by Crippen LogP contribution is -2.44. The Morgan fingerprint density at radius 1 is 0.930 bits per heavy atom. The van der Waals surface area contributed by atoms with Crippen LogP contribution >= 0.6 is 0 Å². The van der Waals surface area contributed by atoms with Crippen molar-refractivity contribution in [3.8, 4) is 17.9 Å². The van der Waals surface area contributed by atoms with E-state index in [9.17, 15) is 14.9 Å². The minimum absolute atomic E-state index is 0.0776. The second-order valence-corrected chi connectivity index (χ2v) is 12.0. The van der Waals surface area contributed by atoms with Crippen LogP contribution in [0, 0.1) is 23.2 Å². The summed E-state index contributed by atoms with van der Waals surface area (Å²) in [6.07, 6.45) is 1.65. The first kappa shape index (κ1) is 29.7. The largest absolute Gasteiger partial charge is 0.322 e. The number of fused-ring (bicyclic) bond motifs is 1. The maximum atomic E-state index is 13.4. The summed E-state index contributed by atoms with van der Waals surface area (Å²) < 4.78 is 1.64. The lowest BCUT2D eigenvalue weighted by atomic mass is 9.83. The molecule has 1 aliphatic heterocycles. The van der Waals surface area contributed by atoms with Gasteiger partial charge in [-0.1, -0.05) is 32.8 Å². The standard InChI is InChI=1S/C34H35N7O2/c1-23(42)26-8-11-32-38-37-31(41(32)22-26)10-6-24-16-25(20-35)18-28(17-24)33(43)36-29-9-7-27(30(19-29)34(2,3)4)21-40-14-12-39(5)13-15-40/h7-9,11,16-19,22H,12-15,21H2,1-5H3,(H,36,43). The second-order valence-electron chi connectivity index (χ2n) is 12.0. The number of hydrogen-bond acceptors (Lipinski definition) is 7. The van der Waals surface area contributed by atoms with Gasteiger partial charge in [-0.3, -0.25) is 18.9 Å². The number of nitrogens with zero attached hydrogens (tertiary/aromatic N) is 6. The predicted octanol–water partition coefficient (Wildman–Crippen LogP) is 4.50. The van der Waals surface area contributed by atoms with E-state index < -0.39 is 0 Å². The van der Waals surface area contributed by atoms with Crippen molar-refractivity contribution in [3.05, 3.63) is 93.9 Å². The summed E-state index contributed by atoms with van der Waals surface area (Å²) in [4.78, 5) is 30.0. The van der Waals surface area contributed by atoms with Crippen LogP contribution in [0.2, 0.25) is 0 Å². The molecule has 0 bridgehead atoms. The molecule has 1 fully saturated rings. The Morgan fingerprint density at radius 3 is 2.37 bits per heavy atom. The van der Waals surface area contributed by atoms with Crippen molar-refractivity contribution >= 4 is 23.0 Å². The molecule has 5 rings (SSSR count). The molecule has 0 aliphatic carbocycles. The van der Waals surface area contributed by atoms with Crippen LogP contribution in [0.5, 0.6) is 0 Å². The van der Waals surface area contributed by atoms with Crippen molar-refractivity contribution in [2.24, 2.45) is 0 Å². The van der Waals surface area contributed by atoms with Crippen LogP contribution in [0.4, 0.5) is 5.69 Å². The Bertz CT molecular complexity index is 1810. The third-order valence-electron chi connectivity index (χ3n) is 7.62. The predicted molar refractivity (Wildman–Crippen MR) is 166 cm³/mol. The van der Waals surface area contributed by atoms with Gasteiger partial charge in [0, 0.05) is 61.3 Å². The number of hydrogen-bond donors (Lipinski definition) is 1. The SMILES string of the molecule is CC(=O)c1ccc2nnc(C#Cc3cc(C#N)cc(C(=O)Nc4ccc(CN5CCN(C)CC5)c(C(C)(C)C)c4)c3)n2c1. The highest BCUT2D eigenvalue weighted by atomic mass is 16.1. The summed E-state index contributed by atoms with van der Waals surface area (Å²) in [6, 6.07) is 16.5. The molecule has 43 heavy (non-hydrogen) atoms. The van der Waals surface area contributed by atoms with Gasteiger partial charge in [-0.2, -0.15) is 5.26 Å². The maximum absolute atomic E-state index is 13.4. The van der Waals surface area contributed by atoms with Gasteiger partial charge < -0.3 is 10.2 Å². The van der Waals surface area contributed by atoms with Crippen molar-refractivity contribution < 1.29 is 9.59 Å². The molecule has 9 nitrogen and oxygen atoms in total. The average molecular weight is 574 g/mol. The Kier molecular flexibility index (Phi) is 8.40. The first-order valence-electron chi connectivity index (χ1n) is 14.3. The minimum atomic E-state index is -0.328. The molecule has 0 unspecified atom stereocenters. The summed E-state index contributed by atoms with van der Waals surface area (Å²) >= 11 is 0. The number of ketones is 1. The van der Waals surface area contributed by atoms with Gasteiger partial charge in [-0.05, 0) is 78.9 Å². The summed E-state index contributed by atoms with van der Waals surface area (Å²) in [5.74, 6) is 5.91. The van der Waals surface area contributed by atoms with Crippen LogP contribution in [-0.2, 0) is 12.0 Å². The van der Waals surface area contributed by atoms with E-state index in [1.54, 1.807) is 40.9 Å². The molecule has 1 amide bonds. The summed E-state index contributed by atoms with van der Waals surface area (Å²) in [6.45, 7) is 13.1. The van der Waals surface area contributed by atoms with Crippen LogP contribution in [0.15, 0.2) is 54.7 Å². The highest BCUT2D eigenvalue weighted by molar-refractivity contribution is 6.04. The van der Waals surface area contributed by atoms with Gasteiger partial charge in [-0.15, -0.1) is 10.2 Å².